The molecule has 1 aromatic rings. The number of Topliss-reactive ketones (excluding diaryl/α,β-unsaturated/α-hetero) is 1. The number of hydrogen-bond donors (Lipinski definition) is 0. The number of benzene rings is 1. The standard InChI is InChI=1S/C20H30N2O/c1-14(2)22(5)13-21-19-11-15(3)18(10-16(19)4)20(23)12-17-8-6-7-9-17/h10-11,13-14,17H,6-9,12H2,1-5H3. The molecule has 0 atom stereocenters. The van der Waals surface area contributed by atoms with Crippen LogP contribution in [0.15, 0.2) is 17.1 Å². The van der Waals surface area contributed by atoms with Crippen LogP contribution in [0.1, 0.15) is 67.4 Å². The Labute approximate surface area is 140 Å². The van der Waals surface area contributed by atoms with E-state index in [0.717, 1.165) is 22.4 Å². The Bertz CT molecular complexity index is 584. The molecule has 0 aromatic heterocycles. The second kappa shape index (κ2) is 7.76. The Kier molecular flexibility index (Phi) is 5.97. The molecule has 1 fully saturated rings. The van der Waals surface area contributed by atoms with Gasteiger partial charge in [-0.1, -0.05) is 25.7 Å². The molecule has 1 saturated carbocycles. The minimum atomic E-state index is 0.298. The molecule has 0 saturated heterocycles. The maximum absolute atomic E-state index is 12.6. The van der Waals surface area contributed by atoms with Gasteiger partial charge in [-0.2, -0.15) is 0 Å². The predicted molar refractivity (Wildman–Crippen MR) is 97.9 cm³/mol. The molecule has 23 heavy (non-hydrogen) atoms. The van der Waals surface area contributed by atoms with Crippen molar-refractivity contribution in [3.63, 3.8) is 0 Å². The molecular weight excluding hydrogens is 284 g/mol. The third-order valence-electron chi connectivity index (χ3n) is 4.99. The molecule has 0 aliphatic heterocycles. The summed E-state index contributed by atoms with van der Waals surface area (Å²) < 4.78 is 0. The minimum absolute atomic E-state index is 0.298. The highest BCUT2D eigenvalue weighted by molar-refractivity contribution is 5.98. The van der Waals surface area contributed by atoms with Crippen molar-refractivity contribution in [2.45, 2.75) is 65.8 Å². The molecule has 1 aliphatic rings. The van der Waals surface area contributed by atoms with Gasteiger partial charge in [-0.25, -0.2) is 4.99 Å². The largest absolute Gasteiger partial charge is 0.363 e. The van der Waals surface area contributed by atoms with Crippen LogP contribution in [0.4, 0.5) is 5.69 Å². The molecule has 3 nitrogen and oxygen atoms in total. The maximum Gasteiger partial charge on any atom is 0.163 e. The van der Waals surface area contributed by atoms with Crippen molar-refractivity contribution in [1.82, 2.24) is 4.90 Å². The Morgan fingerprint density at radius 3 is 2.52 bits per heavy atom. The smallest absolute Gasteiger partial charge is 0.163 e. The highest BCUT2D eigenvalue weighted by atomic mass is 16.1. The predicted octanol–water partition coefficient (Wildman–Crippen LogP) is 5.07. The second-order valence-corrected chi connectivity index (χ2v) is 7.24. The Morgan fingerprint density at radius 1 is 1.26 bits per heavy atom. The van der Waals surface area contributed by atoms with Gasteiger partial charge in [0.05, 0.1) is 12.0 Å². The summed E-state index contributed by atoms with van der Waals surface area (Å²) in [6, 6.07) is 4.49. The summed E-state index contributed by atoms with van der Waals surface area (Å²) in [5.74, 6) is 0.895. The van der Waals surface area contributed by atoms with Crippen molar-refractivity contribution in [2.75, 3.05) is 7.05 Å². The fourth-order valence-electron chi connectivity index (χ4n) is 3.11. The number of aryl methyl sites for hydroxylation is 2. The minimum Gasteiger partial charge on any atom is -0.363 e. The number of nitrogens with zero attached hydrogens (tertiary/aromatic N) is 2. The van der Waals surface area contributed by atoms with Crippen LogP contribution in [0, 0.1) is 19.8 Å². The highest BCUT2D eigenvalue weighted by Crippen LogP contribution is 2.30. The van der Waals surface area contributed by atoms with Gasteiger partial charge >= 0.3 is 0 Å². The number of carbonyl (C=O) groups excluding carboxylic acids is 1. The van der Waals surface area contributed by atoms with Gasteiger partial charge in [0.25, 0.3) is 0 Å². The Balaban J connectivity index is 2.14. The van der Waals surface area contributed by atoms with Gasteiger partial charge < -0.3 is 4.90 Å². The van der Waals surface area contributed by atoms with Crippen LogP contribution in [-0.4, -0.2) is 30.1 Å². The van der Waals surface area contributed by atoms with Crippen LogP contribution in [0.2, 0.25) is 0 Å². The summed E-state index contributed by atoms with van der Waals surface area (Å²) in [5, 5.41) is 0. The topological polar surface area (TPSA) is 32.7 Å². The van der Waals surface area contributed by atoms with E-state index in [0.29, 0.717) is 24.2 Å². The normalized spacial score (nSPS) is 15.7. The first kappa shape index (κ1) is 17.7. The van der Waals surface area contributed by atoms with Crippen LogP contribution in [-0.2, 0) is 0 Å². The first-order valence-corrected chi connectivity index (χ1v) is 8.79. The zero-order valence-electron chi connectivity index (χ0n) is 15.2. The quantitative estimate of drug-likeness (QED) is 0.417. The molecule has 1 aliphatic carbocycles. The monoisotopic (exact) mass is 314 g/mol. The number of ketones is 1. The van der Waals surface area contributed by atoms with E-state index < -0.39 is 0 Å². The van der Waals surface area contributed by atoms with Crippen LogP contribution < -0.4 is 0 Å². The van der Waals surface area contributed by atoms with Crippen LogP contribution in [0.25, 0.3) is 0 Å². The third kappa shape index (κ3) is 4.66. The summed E-state index contributed by atoms with van der Waals surface area (Å²) >= 11 is 0. The van der Waals surface area contributed by atoms with E-state index in [2.05, 4.69) is 23.7 Å². The van der Waals surface area contributed by atoms with Gasteiger partial charge in [0.15, 0.2) is 5.78 Å². The fraction of sp³-hybridized carbons (Fsp3) is 0.600. The first-order valence-electron chi connectivity index (χ1n) is 8.79. The molecule has 0 radical (unpaired) electrons. The summed E-state index contributed by atoms with van der Waals surface area (Å²) in [6.07, 6.45) is 7.58. The van der Waals surface area contributed by atoms with Crippen molar-refractivity contribution >= 4 is 17.8 Å². The lowest BCUT2D eigenvalue weighted by atomic mass is 9.93. The van der Waals surface area contributed by atoms with Crippen molar-refractivity contribution in [1.29, 1.82) is 0 Å². The van der Waals surface area contributed by atoms with Crippen molar-refractivity contribution < 1.29 is 4.79 Å². The zero-order valence-corrected chi connectivity index (χ0v) is 15.2. The van der Waals surface area contributed by atoms with Crippen LogP contribution >= 0.6 is 0 Å². The maximum atomic E-state index is 12.6. The molecule has 126 valence electrons. The number of hydrogen-bond acceptors (Lipinski definition) is 2. The lowest BCUT2D eigenvalue weighted by Crippen LogP contribution is -2.24. The molecule has 0 unspecified atom stereocenters. The number of aliphatic imine (C=N–C) groups is 1. The lowest BCUT2D eigenvalue weighted by molar-refractivity contribution is 0.0961. The molecule has 2 rings (SSSR count). The van der Waals surface area contributed by atoms with E-state index in [1.165, 1.54) is 25.7 Å². The van der Waals surface area contributed by atoms with E-state index in [4.69, 9.17) is 0 Å². The lowest BCUT2D eigenvalue weighted by Gasteiger charge is -2.17. The molecule has 0 N–H and O–H groups in total. The second-order valence-electron chi connectivity index (χ2n) is 7.24. The number of carbonyl (C=O) groups is 1. The summed E-state index contributed by atoms with van der Waals surface area (Å²) in [6.45, 7) is 8.32. The molecule has 0 spiro atoms. The zero-order chi connectivity index (χ0) is 17.0. The summed E-state index contributed by atoms with van der Waals surface area (Å²) in [4.78, 5) is 19.3. The van der Waals surface area contributed by atoms with Gasteiger partial charge in [0, 0.05) is 25.1 Å². The van der Waals surface area contributed by atoms with Crippen LogP contribution in [0.5, 0.6) is 0 Å². The molecule has 3 heteroatoms. The fourth-order valence-corrected chi connectivity index (χ4v) is 3.11. The van der Waals surface area contributed by atoms with Gasteiger partial charge in [-0.05, 0) is 56.9 Å². The van der Waals surface area contributed by atoms with Gasteiger partial charge in [-0.15, -0.1) is 0 Å². The van der Waals surface area contributed by atoms with Crippen molar-refractivity contribution in [2.24, 2.45) is 10.9 Å². The number of rotatable bonds is 6. The third-order valence-corrected chi connectivity index (χ3v) is 4.99. The molecule has 0 bridgehead atoms. The summed E-state index contributed by atoms with van der Waals surface area (Å²) in [7, 11) is 2.02. The van der Waals surface area contributed by atoms with Gasteiger partial charge in [-0.3, -0.25) is 4.79 Å². The van der Waals surface area contributed by atoms with E-state index in [9.17, 15) is 4.79 Å². The highest BCUT2D eigenvalue weighted by Gasteiger charge is 2.20. The van der Waals surface area contributed by atoms with Crippen molar-refractivity contribution in [3.8, 4) is 0 Å². The first-order chi connectivity index (χ1) is 10.9. The SMILES string of the molecule is Cc1cc(C(=O)CC2CCCC2)c(C)cc1N=CN(C)C(C)C. The van der Waals surface area contributed by atoms with E-state index >= 15 is 0 Å². The molecule has 1 aromatic carbocycles. The van der Waals surface area contributed by atoms with Gasteiger partial charge in [0.1, 0.15) is 0 Å². The molecule has 0 heterocycles. The molecular formula is C20H30N2O. The van der Waals surface area contributed by atoms with Crippen LogP contribution in [0.3, 0.4) is 0 Å². The van der Waals surface area contributed by atoms with Crippen molar-refractivity contribution in [3.05, 3.63) is 28.8 Å². The average molecular weight is 314 g/mol. The van der Waals surface area contributed by atoms with E-state index in [-0.39, 0.29) is 0 Å². The van der Waals surface area contributed by atoms with E-state index in [1.807, 2.05) is 39.4 Å². The van der Waals surface area contributed by atoms with Gasteiger partial charge in [0.2, 0.25) is 0 Å². The Hall–Kier alpha value is -1.64. The Morgan fingerprint density at radius 2 is 1.91 bits per heavy atom. The summed E-state index contributed by atoms with van der Waals surface area (Å²) in [5.41, 5.74) is 3.94. The van der Waals surface area contributed by atoms with E-state index in [1.54, 1.807) is 0 Å². The average Bonchev–Trinajstić information content (AvgIpc) is 2.99. The molecule has 0 amide bonds.